The van der Waals surface area contributed by atoms with Crippen LogP contribution in [0, 0.1) is 23.2 Å². The van der Waals surface area contributed by atoms with E-state index >= 15 is 0 Å². The van der Waals surface area contributed by atoms with E-state index in [1.807, 2.05) is 0 Å². The van der Waals surface area contributed by atoms with Crippen molar-refractivity contribution >= 4 is 5.91 Å². The topological polar surface area (TPSA) is 55.6 Å². The second kappa shape index (κ2) is 6.48. The molecule has 4 aliphatic carbocycles. The molecule has 4 bridgehead atoms. The summed E-state index contributed by atoms with van der Waals surface area (Å²) < 4.78 is 5.38. The average molecular weight is 383 g/mol. The number of nitrogens with two attached hydrogens (primary N) is 1. The zero-order valence-electron chi connectivity index (χ0n) is 17.3. The highest BCUT2D eigenvalue weighted by Gasteiger charge is 2.62. The zero-order valence-corrected chi connectivity index (χ0v) is 17.3. The summed E-state index contributed by atoms with van der Waals surface area (Å²) in [7, 11) is 1.72. The van der Waals surface area contributed by atoms with Crippen molar-refractivity contribution in [2.45, 2.75) is 63.3 Å². The van der Waals surface area contributed by atoms with Gasteiger partial charge in [0.15, 0.2) is 0 Å². The number of ether oxygens (including phenoxy) is 1. The number of benzene rings is 1. The van der Waals surface area contributed by atoms with E-state index in [0.717, 1.165) is 38.0 Å². The zero-order chi connectivity index (χ0) is 19.5. The number of hydrogen-bond donors (Lipinski definition) is 1. The minimum absolute atomic E-state index is 0.137. The monoisotopic (exact) mass is 382 g/mol. The summed E-state index contributed by atoms with van der Waals surface area (Å²) in [6, 6.07) is 9.04. The Kier molecular flexibility index (Phi) is 4.28. The molecule has 152 valence electrons. The Balaban J connectivity index is 1.47. The number of hydrogen-bond acceptors (Lipinski definition) is 3. The minimum Gasteiger partial charge on any atom is -0.497 e. The summed E-state index contributed by atoms with van der Waals surface area (Å²) in [4.78, 5) is 16.1. The Morgan fingerprint density at radius 1 is 1.14 bits per heavy atom. The number of carbonyl (C=O) groups excluding carboxylic acids is 1. The van der Waals surface area contributed by atoms with Crippen LogP contribution < -0.4 is 10.5 Å². The van der Waals surface area contributed by atoms with E-state index in [0.29, 0.717) is 36.2 Å². The molecule has 1 saturated heterocycles. The predicted octanol–water partition coefficient (Wildman–Crippen LogP) is 3.73. The van der Waals surface area contributed by atoms with Gasteiger partial charge in [0.05, 0.1) is 12.5 Å². The number of likely N-dealkylation sites (tertiary alicyclic amines) is 1. The predicted molar refractivity (Wildman–Crippen MR) is 110 cm³/mol. The molecule has 5 fully saturated rings. The molecule has 1 aliphatic heterocycles. The van der Waals surface area contributed by atoms with E-state index in [2.05, 4.69) is 36.1 Å². The summed E-state index contributed by atoms with van der Waals surface area (Å²) in [6.45, 7) is 3.78. The van der Waals surface area contributed by atoms with Crippen LogP contribution in [0.3, 0.4) is 0 Å². The number of amides is 1. The summed E-state index contributed by atoms with van der Waals surface area (Å²) in [5, 5.41) is 0. The molecular formula is C24H34N2O2. The van der Waals surface area contributed by atoms with E-state index in [9.17, 15) is 4.79 Å². The van der Waals surface area contributed by atoms with E-state index in [4.69, 9.17) is 10.5 Å². The number of nitrogens with zero attached hydrogens (tertiary/aromatic N) is 1. The van der Waals surface area contributed by atoms with Crippen molar-refractivity contribution < 1.29 is 9.53 Å². The molecule has 4 nitrogen and oxygen atoms in total. The Morgan fingerprint density at radius 3 is 2.39 bits per heavy atom. The highest BCUT2D eigenvalue weighted by molar-refractivity contribution is 5.84. The van der Waals surface area contributed by atoms with Crippen molar-refractivity contribution in [1.29, 1.82) is 0 Å². The first kappa shape index (κ1) is 18.5. The highest BCUT2D eigenvalue weighted by atomic mass is 16.5. The number of carbonyl (C=O) groups is 1. The molecule has 1 aromatic rings. The van der Waals surface area contributed by atoms with Gasteiger partial charge in [0.25, 0.3) is 0 Å². The van der Waals surface area contributed by atoms with Gasteiger partial charge < -0.3 is 15.4 Å². The lowest BCUT2D eigenvalue weighted by Crippen LogP contribution is -2.60. The van der Waals surface area contributed by atoms with Crippen molar-refractivity contribution in [2.75, 3.05) is 20.2 Å². The molecule has 4 heteroatoms. The first-order valence-electron chi connectivity index (χ1n) is 11.1. The maximum atomic E-state index is 13.9. The molecule has 0 spiro atoms. The third kappa shape index (κ3) is 2.71. The number of rotatable bonds is 4. The van der Waals surface area contributed by atoms with E-state index in [1.54, 1.807) is 7.11 Å². The summed E-state index contributed by atoms with van der Waals surface area (Å²) in [5.41, 5.74) is 7.41. The van der Waals surface area contributed by atoms with Crippen LogP contribution in [0.2, 0.25) is 0 Å². The smallest absolute Gasteiger partial charge is 0.229 e. The van der Waals surface area contributed by atoms with Crippen molar-refractivity contribution in [2.24, 2.45) is 28.9 Å². The van der Waals surface area contributed by atoms with Crippen molar-refractivity contribution in [1.82, 2.24) is 4.90 Å². The quantitative estimate of drug-likeness (QED) is 0.863. The molecule has 1 aromatic carbocycles. The maximum absolute atomic E-state index is 13.9. The SMILES string of the molecule is COc1ccc(C23CC4CC(CC(C(=O)N5CC(CN)CC5C)(C4)C2)C3)cc1. The van der Waals surface area contributed by atoms with Crippen LogP contribution in [-0.4, -0.2) is 37.0 Å². The van der Waals surface area contributed by atoms with Gasteiger partial charge in [-0.25, -0.2) is 0 Å². The Morgan fingerprint density at radius 2 is 1.82 bits per heavy atom. The molecular weight excluding hydrogens is 348 g/mol. The van der Waals surface area contributed by atoms with Crippen LogP contribution in [0.1, 0.15) is 57.4 Å². The van der Waals surface area contributed by atoms with Crippen molar-refractivity contribution in [3.8, 4) is 5.75 Å². The molecule has 6 rings (SSSR count). The van der Waals surface area contributed by atoms with E-state index < -0.39 is 0 Å². The first-order valence-corrected chi connectivity index (χ1v) is 11.1. The molecule has 4 unspecified atom stereocenters. The van der Waals surface area contributed by atoms with Gasteiger partial charge in [-0.15, -0.1) is 0 Å². The average Bonchev–Trinajstić information content (AvgIpc) is 3.07. The number of methoxy groups -OCH3 is 1. The molecule has 0 radical (unpaired) electrons. The van der Waals surface area contributed by atoms with Crippen LogP contribution in [0.25, 0.3) is 0 Å². The lowest BCUT2D eigenvalue weighted by Gasteiger charge is -2.62. The van der Waals surface area contributed by atoms with Crippen LogP contribution in [0.15, 0.2) is 24.3 Å². The van der Waals surface area contributed by atoms with Crippen molar-refractivity contribution in [3.63, 3.8) is 0 Å². The fourth-order valence-corrected chi connectivity index (χ4v) is 7.70. The van der Waals surface area contributed by atoms with Gasteiger partial charge in [-0.05, 0) is 99.3 Å². The van der Waals surface area contributed by atoms with Gasteiger partial charge in [0.2, 0.25) is 5.91 Å². The molecule has 1 heterocycles. The van der Waals surface area contributed by atoms with E-state index in [1.165, 1.54) is 24.8 Å². The second-order valence-corrected chi connectivity index (χ2v) is 10.4. The summed E-state index contributed by atoms with van der Waals surface area (Å²) in [5.74, 6) is 3.25. The standard InChI is InChI=1S/C24H34N2O2/c1-16-7-19(13-25)14-26(16)22(27)24-11-17-8-18(12-24)10-23(9-17,15-24)20-3-5-21(28-2)6-4-20/h3-6,16-19H,7-15,25H2,1-2H3. The molecule has 28 heavy (non-hydrogen) atoms. The van der Waals surface area contributed by atoms with Crippen LogP contribution >= 0.6 is 0 Å². The lowest BCUT2D eigenvalue weighted by molar-refractivity contribution is -0.161. The highest BCUT2D eigenvalue weighted by Crippen LogP contribution is 2.66. The van der Waals surface area contributed by atoms with Gasteiger partial charge in [-0.3, -0.25) is 4.79 Å². The normalized spacial score (nSPS) is 41.5. The fourth-order valence-electron chi connectivity index (χ4n) is 7.70. The van der Waals surface area contributed by atoms with Gasteiger partial charge in [0, 0.05) is 12.6 Å². The second-order valence-electron chi connectivity index (χ2n) is 10.4. The molecule has 4 atom stereocenters. The largest absolute Gasteiger partial charge is 0.497 e. The van der Waals surface area contributed by atoms with Gasteiger partial charge in [0.1, 0.15) is 5.75 Å². The Hall–Kier alpha value is -1.55. The minimum atomic E-state index is -0.137. The fraction of sp³-hybridized carbons (Fsp3) is 0.708. The lowest BCUT2D eigenvalue weighted by atomic mass is 9.42. The maximum Gasteiger partial charge on any atom is 0.229 e. The van der Waals surface area contributed by atoms with E-state index in [-0.39, 0.29) is 10.8 Å². The molecule has 5 aliphatic rings. The third-order valence-electron chi connectivity index (χ3n) is 8.47. The van der Waals surface area contributed by atoms with Gasteiger partial charge in [-0.1, -0.05) is 12.1 Å². The summed E-state index contributed by atoms with van der Waals surface area (Å²) >= 11 is 0. The van der Waals surface area contributed by atoms with Crippen LogP contribution in [0.4, 0.5) is 0 Å². The Labute approximate surface area is 168 Å². The Bertz CT molecular complexity index is 744. The van der Waals surface area contributed by atoms with Crippen LogP contribution in [0.5, 0.6) is 5.75 Å². The molecule has 4 saturated carbocycles. The molecule has 2 N–H and O–H groups in total. The van der Waals surface area contributed by atoms with Crippen molar-refractivity contribution in [3.05, 3.63) is 29.8 Å². The van der Waals surface area contributed by atoms with Gasteiger partial charge in [-0.2, -0.15) is 0 Å². The third-order valence-corrected chi connectivity index (χ3v) is 8.47. The van der Waals surface area contributed by atoms with Crippen LogP contribution in [-0.2, 0) is 10.2 Å². The molecule has 1 amide bonds. The summed E-state index contributed by atoms with van der Waals surface area (Å²) in [6.07, 6.45) is 8.16. The van der Waals surface area contributed by atoms with Gasteiger partial charge >= 0.3 is 0 Å². The molecule has 0 aromatic heterocycles. The first-order chi connectivity index (χ1) is 13.5.